The maximum absolute atomic E-state index is 11.9. The van der Waals surface area contributed by atoms with Crippen LogP contribution < -0.4 is 11.4 Å². The Bertz CT molecular complexity index is 830. The summed E-state index contributed by atoms with van der Waals surface area (Å²) < 4.78 is 12.8. The average molecular weight is 302 g/mol. The monoisotopic (exact) mass is 302 g/mol. The molecule has 0 saturated carbocycles. The van der Waals surface area contributed by atoms with Crippen molar-refractivity contribution in [1.29, 1.82) is 5.41 Å². The fraction of sp³-hybridized carbons (Fsp3) is 0.231. The van der Waals surface area contributed by atoms with Crippen LogP contribution in [0.4, 0.5) is 0 Å². The van der Waals surface area contributed by atoms with E-state index in [2.05, 4.69) is 22.3 Å². The summed E-state index contributed by atoms with van der Waals surface area (Å²) in [5.41, 5.74) is 6.02. The standard InChI is InChI=1S/C13H14N6O3/c1-3-4-11-9(7-22-12(15)5-6-14)10(8-21-11)19-13(20)18(2)16-17-19/h5-6,8,14H,7,15H2,1-2H3. The number of allylic oxidation sites excluding steroid dienone is 1. The van der Waals surface area contributed by atoms with Crippen LogP contribution in [-0.4, -0.2) is 26.0 Å². The van der Waals surface area contributed by atoms with Crippen molar-refractivity contribution in [3.05, 3.63) is 40.0 Å². The van der Waals surface area contributed by atoms with Crippen molar-refractivity contribution in [1.82, 2.24) is 19.8 Å². The van der Waals surface area contributed by atoms with Gasteiger partial charge in [-0.05, 0) is 23.3 Å². The molecule has 0 aliphatic rings. The molecule has 0 spiro atoms. The van der Waals surface area contributed by atoms with Crippen LogP contribution in [0, 0.1) is 17.3 Å². The Hall–Kier alpha value is -3.28. The minimum Gasteiger partial charge on any atom is -0.474 e. The lowest BCUT2D eigenvalue weighted by Crippen LogP contribution is -2.22. The first-order valence-electron chi connectivity index (χ1n) is 6.20. The van der Waals surface area contributed by atoms with Gasteiger partial charge in [-0.2, -0.15) is 9.36 Å². The van der Waals surface area contributed by atoms with E-state index in [1.54, 1.807) is 6.92 Å². The molecule has 0 radical (unpaired) electrons. The van der Waals surface area contributed by atoms with Crippen LogP contribution in [0.5, 0.6) is 0 Å². The summed E-state index contributed by atoms with van der Waals surface area (Å²) in [5, 5.41) is 14.3. The van der Waals surface area contributed by atoms with Gasteiger partial charge in [0.25, 0.3) is 0 Å². The second-order valence-corrected chi connectivity index (χ2v) is 4.12. The van der Waals surface area contributed by atoms with E-state index in [0.29, 0.717) is 17.0 Å². The number of nitrogens with two attached hydrogens (primary N) is 1. The number of hydrogen-bond donors (Lipinski definition) is 2. The molecule has 0 aromatic carbocycles. The molecule has 0 unspecified atom stereocenters. The minimum absolute atomic E-state index is 0.00896. The minimum atomic E-state index is -0.430. The van der Waals surface area contributed by atoms with Crippen LogP contribution in [0.15, 0.2) is 27.4 Å². The molecular formula is C13H14N6O3. The molecule has 0 fully saturated rings. The van der Waals surface area contributed by atoms with Gasteiger partial charge in [-0.15, -0.1) is 0 Å². The summed E-state index contributed by atoms with van der Waals surface area (Å²) in [6.07, 6.45) is 3.65. The Labute approximate surface area is 125 Å². The van der Waals surface area contributed by atoms with Crippen LogP contribution in [0.25, 0.3) is 5.69 Å². The SMILES string of the molecule is CC#Cc1occ(-n2nnn(C)c2=O)c1COC(N)=CC=N. The molecule has 0 atom stereocenters. The van der Waals surface area contributed by atoms with Crippen molar-refractivity contribution in [2.24, 2.45) is 12.8 Å². The third kappa shape index (κ3) is 2.90. The van der Waals surface area contributed by atoms with Gasteiger partial charge in [0.1, 0.15) is 18.6 Å². The lowest BCUT2D eigenvalue weighted by atomic mass is 10.2. The highest BCUT2D eigenvalue weighted by atomic mass is 16.5. The number of tetrazole rings is 1. The van der Waals surface area contributed by atoms with E-state index < -0.39 is 5.69 Å². The first kappa shape index (κ1) is 15.1. The molecule has 0 saturated heterocycles. The van der Waals surface area contributed by atoms with E-state index in [-0.39, 0.29) is 12.5 Å². The number of nitrogens with zero attached hydrogens (tertiary/aromatic N) is 4. The summed E-state index contributed by atoms with van der Waals surface area (Å²) in [6, 6.07) is 0. The van der Waals surface area contributed by atoms with E-state index in [0.717, 1.165) is 15.6 Å². The van der Waals surface area contributed by atoms with Gasteiger partial charge in [0.05, 0.1) is 5.56 Å². The molecule has 9 heteroatoms. The summed E-state index contributed by atoms with van der Waals surface area (Å²) in [5.74, 6) is 5.89. The highest BCUT2D eigenvalue weighted by molar-refractivity contribution is 5.68. The smallest absolute Gasteiger partial charge is 0.368 e. The Morgan fingerprint density at radius 1 is 1.59 bits per heavy atom. The first-order chi connectivity index (χ1) is 10.6. The molecule has 0 aliphatic heterocycles. The molecule has 2 heterocycles. The number of nitrogens with one attached hydrogen (secondary N) is 1. The molecule has 114 valence electrons. The Kier molecular flexibility index (Phi) is 4.43. The Morgan fingerprint density at radius 3 is 2.95 bits per heavy atom. The van der Waals surface area contributed by atoms with E-state index >= 15 is 0 Å². The summed E-state index contributed by atoms with van der Waals surface area (Å²) in [7, 11) is 1.49. The van der Waals surface area contributed by atoms with Gasteiger partial charge in [-0.25, -0.2) is 4.79 Å². The van der Waals surface area contributed by atoms with Crippen molar-refractivity contribution >= 4 is 6.21 Å². The second kappa shape index (κ2) is 6.45. The fourth-order valence-electron chi connectivity index (χ4n) is 1.66. The van der Waals surface area contributed by atoms with Crippen molar-refractivity contribution in [3.63, 3.8) is 0 Å². The molecule has 0 amide bonds. The van der Waals surface area contributed by atoms with E-state index in [1.807, 2.05) is 0 Å². The fourth-order valence-corrected chi connectivity index (χ4v) is 1.66. The molecule has 2 rings (SSSR count). The van der Waals surface area contributed by atoms with Crippen molar-refractivity contribution in [3.8, 4) is 17.5 Å². The predicted octanol–water partition coefficient (Wildman–Crippen LogP) is -0.103. The molecule has 0 aliphatic carbocycles. The third-order valence-electron chi connectivity index (χ3n) is 2.69. The van der Waals surface area contributed by atoms with Gasteiger partial charge in [0, 0.05) is 19.3 Å². The largest absolute Gasteiger partial charge is 0.474 e. The molecule has 3 N–H and O–H groups in total. The van der Waals surface area contributed by atoms with Gasteiger partial charge in [-0.3, -0.25) is 0 Å². The highest BCUT2D eigenvalue weighted by Crippen LogP contribution is 2.20. The zero-order valence-corrected chi connectivity index (χ0v) is 12.0. The number of aromatic nitrogens is 4. The van der Waals surface area contributed by atoms with E-state index in [9.17, 15) is 4.79 Å². The number of ether oxygens (including phenoxy) is 1. The molecule has 2 aromatic rings. The van der Waals surface area contributed by atoms with Crippen molar-refractivity contribution < 1.29 is 9.15 Å². The van der Waals surface area contributed by atoms with E-state index in [4.69, 9.17) is 20.3 Å². The van der Waals surface area contributed by atoms with Crippen LogP contribution in [0.2, 0.25) is 0 Å². The van der Waals surface area contributed by atoms with Crippen LogP contribution in [0.3, 0.4) is 0 Å². The van der Waals surface area contributed by atoms with E-state index in [1.165, 1.54) is 19.4 Å². The molecular weight excluding hydrogens is 288 g/mol. The van der Waals surface area contributed by atoms with Crippen molar-refractivity contribution in [2.75, 3.05) is 0 Å². The Balaban J connectivity index is 2.44. The predicted molar refractivity (Wildman–Crippen MR) is 77.3 cm³/mol. The van der Waals surface area contributed by atoms with Gasteiger partial charge < -0.3 is 20.3 Å². The zero-order chi connectivity index (χ0) is 16.1. The normalized spacial score (nSPS) is 10.9. The van der Waals surface area contributed by atoms with Crippen LogP contribution >= 0.6 is 0 Å². The number of rotatable bonds is 5. The molecule has 9 nitrogen and oxygen atoms in total. The summed E-state index contributed by atoms with van der Waals surface area (Å²) in [6.45, 7) is 1.67. The maximum Gasteiger partial charge on any atom is 0.368 e. The zero-order valence-electron chi connectivity index (χ0n) is 12.0. The van der Waals surface area contributed by atoms with Crippen LogP contribution in [0.1, 0.15) is 18.2 Å². The number of furan rings is 1. The maximum atomic E-state index is 11.9. The summed E-state index contributed by atoms with van der Waals surface area (Å²) in [4.78, 5) is 11.9. The van der Waals surface area contributed by atoms with Gasteiger partial charge in [0.2, 0.25) is 0 Å². The third-order valence-corrected chi connectivity index (χ3v) is 2.69. The average Bonchev–Trinajstić information content (AvgIpc) is 3.02. The Morgan fingerprint density at radius 2 is 2.36 bits per heavy atom. The summed E-state index contributed by atoms with van der Waals surface area (Å²) >= 11 is 0. The van der Waals surface area contributed by atoms with Gasteiger partial charge >= 0.3 is 5.69 Å². The molecule has 22 heavy (non-hydrogen) atoms. The number of hydrogen-bond acceptors (Lipinski definition) is 7. The topological polar surface area (TPSA) is 125 Å². The van der Waals surface area contributed by atoms with Crippen LogP contribution in [-0.2, 0) is 18.4 Å². The lowest BCUT2D eigenvalue weighted by molar-refractivity contribution is 0.195. The first-order valence-corrected chi connectivity index (χ1v) is 6.20. The molecule has 2 aromatic heterocycles. The van der Waals surface area contributed by atoms with Gasteiger partial charge in [0.15, 0.2) is 11.6 Å². The van der Waals surface area contributed by atoms with Gasteiger partial charge in [-0.1, -0.05) is 5.92 Å². The van der Waals surface area contributed by atoms with Crippen molar-refractivity contribution in [2.45, 2.75) is 13.5 Å². The second-order valence-electron chi connectivity index (χ2n) is 4.12. The molecule has 0 bridgehead atoms. The quantitative estimate of drug-likeness (QED) is 0.451. The number of aryl methyl sites for hydroxylation is 1. The lowest BCUT2D eigenvalue weighted by Gasteiger charge is -2.05. The highest BCUT2D eigenvalue weighted by Gasteiger charge is 2.18.